The third-order valence-corrected chi connectivity index (χ3v) is 1.78. The summed E-state index contributed by atoms with van der Waals surface area (Å²) in [5.41, 5.74) is 1.20. The first-order valence-corrected chi connectivity index (χ1v) is 3.89. The van der Waals surface area contributed by atoms with Crippen molar-refractivity contribution < 1.29 is 0 Å². The molecular formula is C7H8N6O. The molecular weight excluding hydrogens is 184 g/mol. The summed E-state index contributed by atoms with van der Waals surface area (Å²) >= 11 is 0. The third kappa shape index (κ3) is 1.30. The fourth-order valence-electron chi connectivity index (χ4n) is 1.11. The van der Waals surface area contributed by atoms with Crippen molar-refractivity contribution in [3.8, 4) is 5.69 Å². The second-order valence-corrected chi connectivity index (χ2v) is 2.66. The highest BCUT2D eigenvalue weighted by atomic mass is 16.3. The summed E-state index contributed by atoms with van der Waals surface area (Å²) in [5.74, 6) is -0.343. The van der Waals surface area contributed by atoms with Crippen molar-refractivity contribution in [1.82, 2.24) is 20.0 Å². The molecule has 0 aliphatic carbocycles. The van der Waals surface area contributed by atoms with Crippen molar-refractivity contribution in [3.63, 3.8) is 0 Å². The zero-order valence-corrected chi connectivity index (χ0v) is 7.11. The third-order valence-electron chi connectivity index (χ3n) is 1.78. The Morgan fingerprint density at radius 2 is 2.43 bits per heavy atom. The van der Waals surface area contributed by atoms with Crippen LogP contribution in [0.5, 0.6) is 0 Å². The lowest BCUT2D eigenvalue weighted by molar-refractivity contribution is 0.807. The van der Waals surface area contributed by atoms with Gasteiger partial charge in [-0.3, -0.25) is 10.5 Å². The van der Waals surface area contributed by atoms with E-state index in [4.69, 9.17) is 5.41 Å². The van der Waals surface area contributed by atoms with Gasteiger partial charge in [-0.1, -0.05) is 0 Å². The summed E-state index contributed by atoms with van der Waals surface area (Å²) in [7, 11) is 0. The maximum absolute atomic E-state index is 10.2. The van der Waals surface area contributed by atoms with Crippen molar-refractivity contribution in [3.05, 3.63) is 35.3 Å². The molecule has 14 heavy (non-hydrogen) atoms. The Morgan fingerprint density at radius 3 is 3.21 bits per heavy atom. The number of H-pyrrole nitrogens is 3. The monoisotopic (exact) mass is 192 g/mol. The Kier molecular flexibility index (Phi) is 1.90. The average Bonchev–Trinajstić information content (AvgIpc) is 2.54. The number of nitrogens with one attached hydrogen (secondary N) is 4. The summed E-state index contributed by atoms with van der Waals surface area (Å²) in [5, 5.41) is 15.4. The van der Waals surface area contributed by atoms with E-state index in [0.29, 0.717) is 5.69 Å². The maximum Gasteiger partial charge on any atom is 0.214 e. The second kappa shape index (κ2) is 3.21. The van der Waals surface area contributed by atoms with Crippen molar-refractivity contribution in [2.75, 3.05) is 0 Å². The van der Waals surface area contributed by atoms with Gasteiger partial charge in [0.25, 0.3) is 0 Å². The highest BCUT2D eigenvalue weighted by Gasteiger charge is 2.03. The van der Waals surface area contributed by atoms with Crippen LogP contribution in [0.2, 0.25) is 0 Å². The van der Waals surface area contributed by atoms with E-state index in [0.717, 1.165) is 5.69 Å². The first kappa shape index (κ1) is 8.30. The smallest absolute Gasteiger partial charge is 0.214 e. The lowest BCUT2D eigenvalue weighted by Crippen LogP contribution is -1.99. The average molecular weight is 192 g/mol. The van der Waals surface area contributed by atoms with Gasteiger partial charge in [-0.25, -0.2) is 9.90 Å². The zero-order chi connectivity index (χ0) is 9.97. The fraction of sp³-hybridized carbons (Fsp3) is 0. The number of nitroso groups, excluding NO2 is 1. The van der Waals surface area contributed by atoms with Gasteiger partial charge in [0, 0.05) is 12.4 Å². The second-order valence-electron chi connectivity index (χ2n) is 2.66. The number of hydrogen-bond donors (Lipinski definition) is 4. The SMILES string of the molecule is N=C(N=O)c1cn2[nH][nH]cc-2cc[nH]1. The molecule has 2 heterocycles. The van der Waals surface area contributed by atoms with Gasteiger partial charge in [-0.15, -0.1) is 4.91 Å². The molecule has 0 saturated carbocycles. The molecule has 7 heteroatoms. The zero-order valence-electron chi connectivity index (χ0n) is 7.11. The van der Waals surface area contributed by atoms with Gasteiger partial charge in [0.05, 0.1) is 11.9 Å². The van der Waals surface area contributed by atoms with Gasteiger partial charge in [-0.2, -0.15) is 0 Å². The number of hydrogen-bond acceptors (Lipinski definition) is 2. The summed E-state index contributed by atoms with van der Waals surface area (Å²) in [6, 6.07) is 1.79. The number of aromatic amines is 3. The largest absolute Gasteiger partial charge is 0.357 e. The molecule has 4 N–H and O–H groups in total. The minimum Gasteiger partial charge on any atom is -0.357 e. The number of aromatic nitrogens is 4. The number of fused-ring (bicyclic) bond motifs is 1. The van der Waals surface area contributed by atoms with E-state index >= 15 is 0 Å². The molecule has 72 valence electrons. The van der Waals surface area contributed by atoms with Crippen LogP contribution >= 0.6 is 0 Å². The van der Waals surface area contributed by atoms with E-state index in [9.17, 15) is 4.91 Å². The number of amidine groups is 1. The van der Waals surface area contributed by atoms with Gasteiger partial charge < -0.3 is 4.98 Å². The summed E-state index contributed by atoms with van der Waals surface area (Å²) < 4.78 is 1.63. The number of nitrogens with zero attached hydrogens (tertiary/aromatic N) is 2. The molecule has 0 spiro atoms. The standard InChI is InChI=1S/C7H8N6O/c8-7(11-14)6-4-13-5(1-2-9-6)3-10-12-13/h1-4,8-10,12H. The summed E-state index contributed by atoms with van der Waals surface area (Å²) in [6.45, 7) is 0. The van der Waals surface area contributed by atoms with Crippen LogP contribution in [-0.4, -0.2) is 25.8 Å². The lowest BCUT2D eigenvalue weighted by Gasteiger charge is -1.95. The van der Waals surface area contributed by atoms with Crippen LogP contribution in [-0.2, 0) is 0 Å². The quantitative estimate of drug-likeness (QED) is 0.303. The molecule has 2 aliphatic rings. The molecule has 0 radical (unpaired) electrons. The molecule has 0 amide bonds. The first-order chi connectivity index (χ1) is 6.81. The van der Waals surface area contributed by atoms with Crippen molar-refractivity contribution >= 4 is 5.84 Å². The van der Waals surface area contributed by atoms with Crippen LogP contribution in [0, 0.1) is 10.3 Å². The maximum atomic E-state index is 10.2. The van der Waals surface area contributed by atoms with Gasteiger partial charge >= 0.3 is 0 Å². The molecule has 0 saturated heterocycles. The molecule has 2 rings (SSSR count). The van der Waals surface area contributed by atoms with Crippen LogP contribution in [0.1, 0.15) is 5.69 Å². The van der Waals surface area contributed by atoms with Crippen molar-refractivity contribution in [1.29, 1.82) is 5.41 Å². The van der Waals surface area contributed by atoms with E-state index in [1.165, 1.54) is 0 Å². The minimum absolute atomic E-state index is 0.329. The van der Waals surface area contributed by atoms with Crippen molar-refractivity contribution in [2.45, 2.75) is 0 Å². The van der Waals surface area contributed by atoms with Crippen LogP contribution in [0.4, 0.5) is 0 Å². The van der Waals surface area contributed by atoms with Gasteiger partial charge in [0.15, 0.2) is 0 Å². The molecule has 7 nitrogen and oxygen atoms in total. The normalized spacial score (nSPS) is 10.0. The molecule has 0 atom stereocenters. The van der Waals surface area contributed by atoms with E-state index in [1.807, 2.05) is 0 Å². The Hall–Kier alpha value is -2.31. The number of rotatable bonds is 1. The molecule has 0 aromatic heterocycles. The topological polar surface area (TPSA) is 106 Å². The predicted octanol–water partition coefficient (Wildman–Crippen LogP) is 1.12. The van der Waals surface area contributed by atoms with E-state index < -0.39 is 0 Å². The van der Waals surface area contributed by atoms with E-state index in [-0.39, 0.29) is 5.84 Å². The predicted molar refractivity (Wildman–Crippen MR) is 50.3 cm³/mol. The van der Waals surface area contributed by atoms with Crippen molar-refractivity contribution in [2.24, 2.45) is 5.18 Å². The lowest BCUT2D eigenvalue weighted by atomic mass is 10.4. The van der Waals surface area contributed by atoms with Crippen LogP contribution in [0.15, 0.2) is 29.8 Å². The molecule has 2 aliphatic heterocycles. The first-order valence-electron chi connectivity index (χ1n) is 3.89. The molecule has 0 fully saturated rings. The molecule has 0 bridgehead atoms. The Morgan fingerprint density at radius 1 is 1.57 bits per heavy atom. The molecule has 0 aromatic rings. The highest BCUT2D eigenvalue weighted by Crippen LogP contribution is 2.05. The van der Waals surface area contributed by atoms with Gasteiger partial charge in [-0.05, 0) is 11.2 Å². The van der Waals surface area contributed by atoms with E-state index in [1.54, 1.807) is 29.3 Å². The summed E-state index contributed by atoms with van der Waals surface area (Å²) in [6.07, 6.45) is 4.94. The Bertz CT molecular complexity index is 470. The Labute approximate surface area is 78.2 Å². The molecule has 0 aromatic carbocycles. The minimum atomic E-state index is -0.343. The summed E-state index contributed by atoms with van der Waals surface area (Å²) in [4.78, 5) is 12.9. The Balaban J connectivity index is 2.59. The van der Waals surface area contributed by atoms with Crippen LogP contribution < -0.4 is 0 Å². The van der Waals surface area contributed by atoms with Crippen LogP contribution in [0.3, 0.4) is 0 Å². The molecule has 0 unspecified atom stereocenters. The van der Waals surface area contributed by atoms with Gasteiger partial charge in [0.1, 0.15) is 5.69 Å². The van der Waals surface area contributed by atoms with Gasteiger partial charge in [0.2, 0.25) is 5.84 Å². The fourth-order valence-corrected chi connectivity index (χ4v) is 1.11. The van der Waals surface area contributed by atoms with E-state index in [2.05, 4.69) is 20.5 Å². The van der Waals surface area contributed by atoms with Crippen LogP contribution in [0.25, 0.3) is 5.69 Å². The highest BCUT2D eigenvalue weighted by molar-refractivity contribution is 5.94.